The highest BCUT2D eigenvalue weighted by molar-refractivity contribution is 5.95. The number of aryl methyl sites for hydroxylation is 1. The highest BCUT2D eigenvalue weighted by Gasteiger charge is 2.30. The molecule has 0 radical (unpaired) electrons. The van der Waals surface area contributed by atoms with E-state index in [9.17, 15) is 19.2 Å². The molecule has 200 valence electrons. The summed E-state index contributed by atoms with van der Waals surface area (Å²) in [4.78, 5) is 55.8. The number of rotatable bonds is 5. The molecule has 0 bridgehead atoms. The Balaban J connectivity index is 1.57. The molecule has 0 unspecified atom stereocenters. The van der Waals surface area contributed by atoms with E-state index in [1.54, 1.807) is 20.4 Å². The van der Waals surface area contributed by atoms with E-state index in [2.05, 4.69) is 0 Å². The van der Waals surface area contributed by atoms with E-state index in [0.717, 1.165) is 25.3 Å². The number of carbonyl (C=O) groups excluding carboxylic acids is 3. The van der Waals surface area contributed by atoms with Crippen LogP contribution in [-0.4, -0.2) is 77.0 Å². The smallest absolute Gasteiger partial charge is 0.344 e. The largest absolute Gasteiger partial charge is 0.452 e. The van der Waals surface area contributed by atoms with Crippen LogP contribution in [0, 0.1) is 5.82 Å². The summed E-state index contributed by atoms with van der Waals surface area (Å²) in [6.45, 7) is 9.25. The van der Waals surface area contributed by atoms with E-state index in [0.29, 0.717) is 43.9 Å². The van der Waals surface area contributed by atoms with Crippen molar-refractivity contribution in [3.63, 3.8) is 0 Å². The minimum absolute atomic E-state index is 0.0143. The van der Waals surface area contributed by atoms with Crippen LogP contribution in [0.25, 0.3) is 10.9 Å². The number of ether oxygens (including phenoxy) is 1. The van der Waals surface area contributed by atoms with Crippen molar-refractivity contribution < 1.29 is 23.5 Å². The molecule has 3 heterocycles. The van der Waals surface area contributed by atoms with Crippen LogP contribution in [0.1, 0.15) is 57.3 Å². The highest BCUT2D eigenvalue weighted by atomic mass is 19.1. The lowest BCUT2D eigenvalue weighted by atomic mass is 9.97. The number of pyridine rings is 1. The lowest BCUT2D eigenvalue weighted by molar-refractivity contribution is -0.140. The second kappa shape index (κ2) is 10.9. The van der Waals surface area contributed by atoms with Crippen LogP contribution in [0.15, 0.2) is 23.1 Å². The first-order chi connectivity index (χ1) is 17.6. The topological polar surface area (TPSA) is 92.2 Å². The average Bonchev–Trinajstić information content (AvgIpc) is 2.87. The van der Waals surface area contributed by atoms with Gasteiger partial charge < -0.3 is 24.0 Å². The number of esters is 1. The number of nitrogens with zero attached hydrogens (tertiary/aromatic N) is 4. The van der Waals surface area contributed by atoms with Gasteiger partial charge in [-0.25, -0.2) is 9.18 Å². The van der Waals surface area contributed by atoms with E-state index in [1.165, 1.54) is 13.1 Å². The first-order valence-electron chi connectivity index (χ1n) is 13.0. The van der Waals surface area contributed by atoms with Crippen molar-refractivity contribution in [1.82, 2.24) is 14.4 Å². The Hall–Kier alpha value is -3.43. The van der Waals surface area contributed by atoms with Gasteiger partial charge in [0.05, 0.1) is 11.2 Å². The normalized spacial score (nSPS) is 20.3. The lowest BCUT2D eigenvalue weighted by Gasteiger charge is -2.38. The summed E-state index contributed by atoms with van der Waals surface area (Å²) in [6, 6.07) is 2.91. The molecule has 9 nitrogen and oxygen atoms in total. The van der Waals surface area contributed by atoms with Crippen molar-refractivity contribution in [3.8, 4) is 0 Å². The van der Waals surface area contributed by atoms with Gasteiger partial charge in [0.2, 0.25) is 11.3 Å². The Kier molecular flexibility index (Phi) is 7.85. The van der Waals surface area contributed by atoms with Crippen LogP contribution < -0.4 is 10.3 Å². The third-order valence-corrected chi connectivity index (χ3v) is 7.58. The Morgan fingerprint density at radius 3 is 2.30 bits per heavy atom. The van der Waals surface area contributed by atoms with Crippen molar-refractivity contribution >= 4 is 34.4 Å². The van der Waals surface area contributed by atoms with Gasteiger partial charge in [0.1, 0.15) is 11.4 Å². The third kappa shape index (κ3) is 5.33. The molecular formula is C27H35FN4O5. The number of fused-ring (bicyclic) bond motifs is 1. The number of amides is 2. The maximum atomic E-state index is 15.2. The maximum absolute atomic E-state index is 15.2. The number of hydrogen-bond acceptors (Lipinski definition) is 6. The SMILES string of the molecule is CCn1cc(C(=O)OCC(=O)N2[C@H](C)CCC[C@H]2C)c(=O)c2cc(F)c(N3CCN(C(C)=O)CC3)cc21. The number of carbonyl (C=O) groups is 3. The molecule has 1 aromatic carbocycles. The van der Waals surface area contributed by atoms with E-state index >= 15 is 4.39 Å². The number of anilines is 1. The molecule has 4 rings (SSSR count). The van der Waals surface area contributed by atoms with Gasteiger partial charge in [-0.3, -0.25) is 14.4 Å². The molecule has 2 aliphatic heterocycles. The second-order valence-electron chi connectivity index (χ2n) is 9.98. The van der Waals surface area contributed by atoms with Crippen molar-refractivity contribution in [1.29, 1.82) is 0 Å². The summed E-state index contributed by atoms with van der Waals surface area (Å²) in [5.41, 5.74) is -0.0164. The van der Waals surface area contributed by atoms with Crippen LogP contribution in [-0.2, 0) is 20.9 Å². The molecule has 2 aliphatic rings. The molecule has 0 N–H and O–H groups in total. The zero-order valence-corrected chi connectivity index (χ0v) is 22.0. The van der Waals surface area contributed by atoms with Crippen molar-refractivity contribution in [2.75, 3.05) is 37.7 Å². The standard InChI is InChI=1S/C27H35FN4O5/c1-5-29-15-21(27(36)37-16-25(34)32-17(2)7-6-8-18(32)3)26(35)20-13-22(28)24(14-23(20)29)31-11-9-30(10-12-31)19(4)33/h13-15,17-18H,5-12,16H2,1-4H3/t17-,18-/m1/s1. The maximum Gasteiger partial charge on any atom is 0.344 e. The molecule has 2 amide bonds. The molecule has 37 heavy (non-hydrogen) atoms. The summed E-state index contributed by atoms with van der Waals surface area (Å²) in [7, 11) is 0. The average molecular weight is 515 g/mol. The first-order valence-corrected chi connectivity index (χ1v) is 13.0. The first kappa shape index (κ1) is 26.6. The van der Waals surface area contributed by atoms with Gasteiger partial charge in [-0.1, -0.05) is 0 Å². The zero-order chi connectivity index (χ0) is 26.9. The number of aromatic nitrogens is 1. The summed E-state index contributed by atoms with van der Waals surface area (Å²) in [5, 5.41) is 0.0736. The number of piperidine rings is 1. The highest BCUT2D eigenvalue weighted by Crippen LogP contribution is 2.27. The zero-order valence-electron chi connectivity index (χ0n) is 22.0. The Labute approximate surface area is 215 Å². The quantitative estimate of drug-likeness (QED) is 0.570. The predicted molar refractivity (Wildman–Crippen MR) is 138 cm³/mol. The Morgan fingerprint density at radius 2 is 1.70 bits per heavy atom. The summed E-state index contributed by atoms with van der Waals surface area (Å²) in [6.07, 6.45) is 4.26. The van der Waals surface area contributed by atoms with Crippen molar-refractivity contribution in [3.05, 3.63) is 39.9 Å². The van der Waals surface area contributed by atoms with Crippen LogP contribution in [0.5, 0.6) is 0 Å². The molecule has 10 heteroatoms. The van der Waals surface area contributed by atoms with Crippen molar-refractivity contribution in [2.24, 2.45) is 0 Å². The number of piperazine rings is 1. The van der Waals surface area contributed by atoms with Crippen LogP contribution >= 0.6 is 0 Å². The number of likely N-dealkylation sites (tertiary alicyclic amines) is 1. The summed E-state index contributed by atoms with van der Waals surface area (Å²) >= 11 is 0. The second-order valence-corrected chi connectivity index (χ2v) is 9.98. The Morgan fingerprint density at radius 1 is 1.05 bits per heavy atom. The lowest BCUT2D eigenvalue weighted by Crippen LogP contribution is -2.49. The predicted octanol–water partition coefficient (Wildman–Crippen LogP) is 2.78. The van der Waals surface area contributed by atoms with E-state index in [4.69, 9.17) is 4.74 Å². The minimum atomic E-state index is -0.899. The van der Waals surface area contributed by atoms with Crippen molar-refractivity contribution in [2.45, 2.75) is 65.6 Å². The molecule has 2 fully saturated rings. The summed E-state index contributed by atoms with van der Waals surface area (Å²) in [5.74, 6) is -1.77. The molecule has 2 atom stereocenters. The monoisotopic (exact) mass is 514 g/mol. The molecule has 0 spiro atoms. The van der Waals surface area contributed by atoms with Gasteiger partial charge in [0, 0.05) is 63.3 Å². The fraction of sp³-hybridized carbons (Fsp3) is 0.556. The number of hydrogen-bond donors (Lipinski definition) is 0. The van der Waals surface area contributed by atoms with E-state index in [-0.39, 0.29) is 34.8 Å². The van der Waals surface area contributed by atoms with Crippen LogP contribution in [0.3, 0.4) is 0 Å². The van der Waals surface area contributed by atoms with Crippen LogP contribution in [0.2, 0.25) is 0 Å². The fourth-order valence-corrected chi connectivity index (χ4v) is 5.50. The molecule has 2 aromatic rings. The Bertz CT molecular complexity index is 1260. The molecular weight excluding hydrogens is 479 g/mol. The van der Waals surface area contributed by atoms with Gasteiger partial charge >= 0.3 is 5.97 Å². The number of halogens is 1. The third-order valence-electron chi connectivity index (χ3n) is 7.58. The van der Waals surface area contributed by atoms with Gasteiger partial charge in [0.15, 0.2) is 6.61 Å². The molecule has 0 saturated carbocycles. The van der Waals surface area contributed by atoms with Gasteiger partial charge in [-0.15, -0.1) is 0 Å². The van der Waals surface area contributed by atoms with Gasteiger partial charge in [0.25, 0.3) is 5.91 Å². The number of benzene rings is 1. The van der Waals surface area contributed by atoms with E-state index < -0.39 is 23.8 Å². The van der Waals surface area contributed by atoms with E-state index in [1.807, 2.05) is 25.7 Å². The van der Waals surface area contributed by atoms with Gasteiger partial charge in [-0.05, 0) is 52.2 Å². The minimum Gasteiger partial charge on any atom is -0.452 e. The van der Waals surface area contributed by atoms with Crippen LogP contribution in [0.4, 0.5) is 10.1 Å². The fourth-order valence-electron chi connectivity index (χ4n) is 5.50. The molecule has 0 aliphatic carbocycles. The van der Waals surface area contributed by atoms with Gasteiger partial charge in [-0.2, -0.15) is 0 Å². The molecule has 1 aromatic heterocycles. The molecule has 2 saturated heterocycles. The summed E-state index contributed by atoms with van der Waals surface area (Å²) < 4.78 is 22.2.